The summed E-state index contributed by atoms with van der Waals surface area (Å²) in [6.45, 7) is 5.59. The minimum atomic E-state index is -0.545. The SMILES string of the molecule is COc1ccc(CNC(=O)N2[C@H]3CN(CCC(C)C)C(=O)[C@H](CCSC)N3C(=O)CN2C)cc1. The first-order valence-electron chi connectivity index (χ1n) is 11.8. The molecule has 1 N–H and O–H groups in total. The second-order valence-corrected chi connectivity index (χ2v) is 10.2. The van der Waals surface area contributed by atoms with Crippen LogP contribution in [0.4, 0.5) is 4.79 Å². The van der Waals surface area contributed by atoms with Gasteiger partial charge in [-0.25, -0.2) is 14.8 Å². The van der Waals surface area contributed by atoms with Crippen LogP contribution in [0.3, 0.4) is 0 Å². The van der Waals surface area contributed by atoms with Crippen molar-refractivity contribution in [1.29, 1.82) is 0 Å². The van der Waals surface area contributed by atoms with E-state index in [1.54, 1.807) is 40.8 Å². The summed E-state index contributed by atoms with van der Waals surface area (Å²) in [4.78, 5) is 43.3. The molecule has 1 aromatic carbocycles. The summed E-state index contributed by atoms with van der Waals surface area (Å²) >= 11 is 1.65. The normalized spacial score (nSPS) is 21.2. The fraction of sp³-hybridized carbons (Fsp3) is 0.625. The number of rotatable bonds is 9. The summed E-state index contributed by atoms with van der Waals surface area (Å²) in [5.74, 6) is 1.85. The smallest absolute Gasteiger partial charge is 0.334 e. The maximum Gasteiger partial charge on any atom is 0.334 e. The van der Waals surface area contributed by atoms with Crippen molar-refractivity contribution in [3.05, 3.63) is 29.8 Å². The summed E-state index contributed by atoms with van der Waals surface area (Å²) in [7, 11) is 3.36. The highest BCUT2D eigenvalue weighted by Gasteiger charge is 2.50. The molecule has 2 atom stereocenters. The van der Waals surface area contributed by atoms with Crippen molar-refractivity contribution in [2.45, 2.75) is 45.4 Å². The first-order valence-corrected chi connectivity index (χ1v) is 13.2. The Morgan fingerprint density at radius 1 is 1.24 bits per heavy atom. The standard InChI is InChI=1S/C24H37N5O4S/c1-17(2)10-12-27-15-21-28(20(23(27)31)11-13-34-5)22(30)16-26(3)29(21)24(32)25-14-18-6-8-19(33-4)9-7-18/h6-9,17,20-21H,10-16H2,1-5H3,(H,25,32)/t20-,21-/m0/s1. The Balaban J connectivity index is 1.80. The highest BCUT2D eigenvalue weighted by molar-refractivity contribution is 7.98. The van der Waals surface area contributed by atoms with Gasteiger partial charge >= 0.3 is 6.03 Å². The lowest BCUT2D eigenvalue weighted by atomic mass is 10.0. The minimum Gasteiger partial charge on any atom is -0.497 e. The van der Waals surface area contributed by atoms with Gasteiger partial charge in [0.2, 0.25) is 11.8 Å². The van der Waals surface area contributed by atoms with Crippen LogP contribution in [0.5, 0.6) is 5.75 Å². The van der Waals surface area contributed by atoms with Crippen LogP contribution in [0.15, 0.2) is 24.3 Å². The van der Waals surface area contributed by atoms with Gasteiger partial charge in [0, 0.05) is 20.1 Å². The Morgan fingerprint density at radius 2 is 1.94 bits per heavy atom. The molecule has 0 saturated carbocycles. The van der Waals surface area contributed by atoms with E-state index in [9.17, 15) is 14.4 Å². The predicted octanol–water partition coefficient (Wildman–Crippen LogP) is 2.23. The molecule has 2 saturated heterocycles. The summed E-state index contributed by atoms with van der Waals surface area (Å²) in [5.41, 5.74) is 0.942. The van der Waals surface area contributed by atoms with Crippen molar-refractivity contribution >= 4 is 29.6 Å². The van der Waals surface area contributed by atoms with Crippen LogP contribution < -0.4 is 10.1 Å². The fourth-order valence-electron chi connectivity index (χ4n) is 4.43. The molecular formula is C24H37N5O4S. The Hall–Kier alpha value is -2.46. The summed E-state index contributed by atoms with van der Waals surface area (Å²) in [6.07, 6.45) is 2.91. The van der Waals surface area contributed by atoms with E-state index in [0.717, 1.165) is 23.5 Å². The van der Waals surface area contributed by atoms with Crippen LogP contribution in [-0.2, 0) is 16.1 Å². The lowest BCUT2D eigenvalue weighted by Crippen LogP contribution is -2.76. The van der Waals surface area contributed by atoms with E-state index in [0.29, 0.717) is 32.0 Å². The van der Waals surface area contributed by atoms with Crippen LogP contribution in [-0.4, -0.2) is 95.7 Å². The van der Waals surface area contributed by atoms with Crippen LogP contribution in [0.2, 0.25) is 0 Å². The average Bonchev–Trinajstić information content (AvgIpc) is 2.81. The third-order valence-corrected chi connectivity index (χ3v) is 6.97. The molecule has 0 aliphatic carbocycles. The number of benzene rings is 1. The molecule has 2 aliphatic heterocycles. The number of hydrazine groups is 1. The van der Waals surface area contributed by atoms with E-state index in [-0.39, 0.29) is 24.4 Å². The van der Waals surface area contributed by atoms with Gasteiger partial charge in [-0.2, -0.15) is 11.8 Å². The third kappa shape index (κ3) is 5.96. The number of likely N-dealkylation sites (N-methyl/N-ethyl adjacent to an activating group) is 1. The topological polar surface area (TPSA) is 85.4 Å². The number of methoxy groups -OCH3 is 1. The van der Waals surface area contributed by atoms with Crippen molar-refractivity contribution in [2.24, 2.45) is 5.92 Å². The van der Waals surface area contributed by atoms with Gasteiger partial charge in [0.25, 0.3) is 0 Å². The van der Waals surface area contributed by atoms with Crippen molar-refractivity contribution in [1.82, 2.24) is 25.1 Å². The van der Waals surface area contributed by atoms with Gasteiger partial charge in [0.1, 0.15) is 18.0 Å². The van der Waals surface area contributed by atoms with Gasteiger partial charge in [-0.05, 0) is 48.5 Å². The summed E-state index contributed by atoms with van der Waals surface area (Å²) in [5, 5.41) is 6.24. The van der Waals surface area contributed by atoms with E-state index >= 15 is 0 Å². The second-order valence-electron chi connectivity index (χ2n) is 9.21. The van der Waals surface area contributed by atoms with Crippen LogP contribution in [0, 0.1) is 5.92 Å². The zero-order valence-corrected chi connectivity index (χ0v) is 21.6. The first kappa shape index (κ1) is 26.2. The molecule has 3 rings (SSSR count). The number of urea groups is 1. The number of fused-ring (bicyclic) bond motifs is 1. The number of amides is 4. The quantitative estimate of drug-likeness (QED) is 0.570. The van der Waals surface area contributed by atoms with Crippen LogP contribution in [0.25, 0.3) is 0 Å². The Morgan fingerprint density at radius 3 is 2.56 bits per heavy atom. The van der Waals surface area contributed by atoms with Gasteiger partial charge in [-0.15, -0.1) is 0 Å². The molecule has 1 aromatic rings. The Bertz CT molecular complexity index is 865. The number of ether oxygens (including phenoxy) is 1. The van der Waals surface area contributed by atoms with Crippen molar-refractivity contribution in [3.63, 3.8) is 0 Å². The molecule has 188 valence electrons. The number of nitrogens with zero attached hydrogens (tertiary/aromatic N) is 4. The minimum absolute atomic E-state index is 0.0116. The molecule has 2 aliphatic rings. The monoisotopic (exact) mass is 491 g/mol. The maximum atomic E-state index is 13.3. The number of thioether (sulfide) groups is 1. The van der Waals surface area contributed by atoms with E-state index in [4.69, 9.17) is 4.74 Å². The average molecular weight is 492 g/mol. The summed E-state index contributed by atoms with van der Waals surface area (Å²) < 4.78 is 5.19. The summed E-state index contributed by atoms with van der Waals surface area (Å²) in [6, 6.07) is 6.68. The Kier molecular flexibility index (Phi) is 9.07. The van der Waals surface area contributed by atoms with Crippen LogP contribution in [0.1, 0.15) is 32.3 Å². The molecule has 0 unspecified atom stereocenters. The highest BCUT2D eigenvalue weighted by Crippen LogP contribution is 2.28. The van der Waals surface area contributed by atoms with Gasteiger partial charge in [-0.1, -0.05) is 26.0 Å². The zero-order valence-electron chi connectivity index (χ0n) is 20.8. The lowest BCUT2D eigenvalue weighted by molar-refractivity contribution is -0.187. The number of nitrogens with one attached hydrogen (secondary N) is 1. The maximum absolute atomic E-state index is 13.3. The number of carbonyl (C=O) groups is 3. The van der Waals surface area contributed by atoms with E-state index in [1.165, 1.54) is 0 Å². The van der Waals surface area contributed by atoms with Crippen molar-refractivity contribution in [3.8, 4) is 5.75 Å². The van der Waals surface area contributed by atoms with E-state index in [2.05, 4.69) is 19.2 Å². The first-order chi connectivity index (χ1) is 16.3. The molecule has 9 nitrogen and oxygen atoms in total. The van der Waals surface area contributed by atoms with Gasteiger partial charge in [0.15, 0.2) is 0 Å². The molecule has 2 heterocycles. The molecular weight excluding hydrogens is 454 g/mol. The molecule has 0 aromatic heterocycles. The molecule has 0 radical (unpaired) electrons. The van der Waals surface area contributed by atoms with Crippen molar-refractivity contribution in [2.75, 3.05) is 45.8 Å². The molecule has 10 heteroatoms. The molecule has 4 amide bonds. The van der Waals surface area contributed by atoms with Crippen molar-refractivity contribution < 1.29 is 19.1 Å². The molecule has 34 heavy (non-hydrogen) atoms. The van der Waals surface area contributed by atoms with Gasteiger partial charge in [0.05, 0.1) is 20.2 Å². The molecule has 0 spiro atoms. The van der Waals surface area contributed by atoms with Crippen LogP contribution >= 0.6 is 11.8 Å². The fourth-order valence-corrected chi connectivity index (χ4v) is 4.89. The van der Waals surface area contributed by atoms with E-state index < -0.39 is 12.2 Å². The number of hydrogen-bond acceptors (Lipinski definition) is 6. The molecule has 0 bridgehead atoms. The predicted molar refractivity (Wildman–Crippen MR) is 133 cm³/mol. The Labute approximate surface area is 206 Å². The third-order valence-electron chi connectivity index (χ3n) is 6.32. The number of carbonyl (C=O) groups excluding carboxylic acids is 3. The number of piperazine rings is 1. The highest BCUT2D eigenvalue weighted by atomic mass is 32.2. The van der Waals surface area contributed by atoms with E-state index in [1.807, 2.05) is 35.4 Å². The largest absolute Gasteiger partial charge is 0.497 e. The van der Waals surface area contributed by atoms with Gasteiger partial charge < -0.3 is 19.9 Å². The number of hydrogen-bond donors (Lipinski definition) is 1. The zero-order chi connectivity index (χ0) is 24.8. The van der Waals surface area contributed by atoms with Gasteiger partial charge in [-0.3, -0.25) is 9.59 Å². The second kappa shape index (κ2) is 11.8. The lowest BCUT2D eigenvalue weighted by Gasteiger charge is -2.54. The molecule has 2 fully saturated rings.